The fourth-order valence-electron chi connectivity index (χ4n) is 11.3. The van der Waals surface area contributed by atoms with Crippen molar-refractivity contribution in [3.05, 3.63) is 28.8 Å². The van der Waals surface area contributed by atoms with Crippen molar-refractivity contribution in [3.63, 3.8) is 0 Å². The van der Waals surface area contributed by atoms with Gasteiger partial charge in [0.1, 0.15) is 18.5 Å². The van der Waals surface area contributed by atoms with Crippen LogP contribution in [-0.4, -0.2) is 19.3 Å². The molecule has 0 amide bonds. The maximum Gasteiger partial charge on any atom is 0.126 e. The Balaban J connectivity index is 1.30. The molecule has 1 aromatic carbocycles. The molecule has 9 fully saturated rings. The van der Waals surface area contributed by atoms with Gasteiger partial charge >= 0.3 is 0 Å². The lowest BCUT2D eigenvalue weighted by Gasteiger charge is -2.59. The summed E-state index contributed by atoms with van der Waals surface area (Å²) in [6, 6.07) is 5.44. The Labute approximate surface area is 212 Å². The van der Waals surface area contributed by atoms with Crippen molar-refractivity contribution in [3.8, 4) is 5.75 Å². The first kappa shape index (κ1) is 22.0. The lowest BCUT2D eigenvalue weighted by atomic mass is 9.46. The van der Waals surface area contributed by atoms with Crippen LogP contribution in [0.2, 0.25) is 0 Å². The average Bonchev–Trinajstić information content (AvgIpc) is 3.59. The molecule has 1 aromatic rings. The molecule has 0 aromatic heterocycles. The molecule has 1 aliphatic heterocycles. The van der Waals surface area contributed by atoms with Gasteiger partial charge in [-0.25, -0.2) is 0 Å². The molecule has 0 radical (unpaired) electrons. The quantitative estimate of drug-likeness (QED) is 0.408. The molecule has 2 nitrogen and oxygen atoms in total. The van der Waals surface area contributed by atoms with Crippen LogP contribution in [0.4, 0.5) is 0 Å². The lowest BCUT2D eigenvalue weighted by Crippen LogP contribution is -2.50. The van der Waals surface area contributed by atoms with Crippen LogP contribution in [0.25, 0.3) is 0 Å². The second-order valence-corrected chi connectivity index (χ2v) is 15.8. The third-order valence-corrected chi connectivity index (χ3v) is 12.0. The minimum absolute atomic E-state index is 0.0924. The van der Waals surface area contributed by atoms with Crippen LogP contribution in [-0.2, 0) is 21.0 Å². The van der Waals surface area contributed by atoms with Crippen molar-refractivity contribution in [1.82, 2.24) is 0 Å². The summed E-state index contributed by atoms with van der Waals surface area (Å²) in [6.45, 7) is 8.89. The van der Waals surface area contributed by atoms with Gasteiger partial charge in [-0.2, -0.15) is 0 Å². The summed E-state index contributed by atoms with van der Waals surface area (Å²) in [5.74, 6) is 7.13. The molecule has 35 heavy (non-hydrogen) atoms. The molecule has 1 heterocycles. The monoisotopic (exact) mass is 474 g/mol. The first-order valence-electron chi connectivity index (χ1n) is 15.2. The summed E-state index contributed by atoms with van der Waals surface area (Å²) in [4.78, 5) is 0. The van der Waals surface area contributed by atoms with E-state index >= 15 is 0 Å². The van der Waals surface area contributed by atoms with E-state index in [9.17, 15) is 0 Å². The number of hydrogen-bond acceptors (Lipinski definition) is 2. The van der Waals surface area contributed by atoms with E-state index < -0.39 is 0 Å². The van der Waals surface area contributed by atoms with Gasteiger partial charge in [-0.1, -0.05) is 32.9 Å². The summed E-state index contributed by atoms with van der Waals surface area (Å²) in [6.07, 6.45) is 18.0. The first-order chi connectivity index (χ1) is 16.8. The van der Waals surface area contributed by atoms with Gasteiger partial charge < -0.3 is 9.47 Å². The molecule has 9 aliphatic rings. The van der Waals surface area contributed by atoms with Gasteiger partial charge in [0.25, 0.3) is 0 Å². The molecule has 8 saturated carbocycles. The van der Waals surface area contributed by atoms with Crippen LogP contribution in [0.5, 0.6) is 5.75 Å². The fraction of sp³-hybridized carbons (Fsp3) is 0.818. The Kier molecular flexibility index (Phi) is 4.59. The molecular weight excluding hydrogens is 428 g/mol. The molecule has 1 saturated heterocycles. The van der Waals surface area contributed by atoms with Crippen molar-refractivity contribution in [2.24, 2.45) is 35.5 Å². The second-order valence-electron chi connectivity index (χ2n) is 15.8. The summed E-state index contributed by atoms with van der Waals surface area (Å²) in [5.41, 5.74) is 5.78. The highest BCUT2D eigenvalue weighted by molar-refractivity contribution is 5.54. The molecule has 0 N–H and O–H groups in total. The predicted octanol–water partition coefficient (Wildman–Crippen LogP) is 7.70. The van der Waals surface area contributed by atoms with Crippen molar-refractivity contribution in [2.45, 2.75) is 120 Å². The van der Waals surface area contributed by atoms with Crippen molar-refractivity contribution < 1.29 is 9.47 Å². The average molecular weight is 475 g/mol. The van der Waals surface area contributed by atoms with Crippen LogP contribution >= 0.6 is 0 Å². The van der Waals surface area contributed by atoms with E-state index in [1.807, 2.05) is 0 Å². The van der Waals surface area contributed by atoms with Crippen molar-refractivity contribution in [1.29, 1.82) is 0 Å². The van der Waals surface area contributed by atoms with Crippen LogP contribution in [0.15, 0.2) is 12.1 Å². The zero-order valence-electron chi connectivity index (χ0n) is 22.4. The van der Waals surface area contributed by atoms with Gasteiger partial charge in [0, 0.05) is 11.1 Å². The number of ether oxygens (including phenoxy) is 2. The van der Waals surface area contributed by atoms with Crippen molar-refractivity contribution >= 4 is 0 Å². The minimum atomic E-state index is 0.0924. The van der Waals surface area contributed by atoms with Gasteiger partial charge in [0.05, 0.1) is 6.61 Å². The lowest BCUT2D eigenvalue weighted by molar-refractivity contribution is -0.00937. The Morgan fingerprint density at radius 2 is 1.20 bits per heavy atom. The topological polar surface area (TPSA) is 21.8 Å². The van der Waals surface area contributed by atoms with Gasteiger partial charge in [-0.3, -0.25) is 0 Å². The summed E-state index contributed by atoms with van der Waals surface area (Å²) < 4.78 is 12.5. The summed E-state index contributed by atoms with van der Waals surface area (Å²) in [7, 11) is 0. The molecule has 10 rings (SSSR count). The van der Waals surface area contributed by atoms with Crippen molar-refractivity contribution in [2.75, 3.05) is 13.2 Å². The Morgan fingerprint density at radius 3 is 1.63 bits per heavy atom. The number of benzene rings is 1. The van der Waals surface area contributed by atoms with E-state index in [1.165, 1.54) is 88.4 Å². The standard InChI is InChI=1S/C33H46O2/c1-31(2,3)28-10-26(32-12-20-4-21(13-32)6-22(5-20)14-32)11-29(30(28)35-19-27-18-34-27)33-15-23-7-24(16-33)9-25(8-23)17-33/h10-11,20-25,27H,4-9,12-19H2,1-3H3. The first-order valence-corrected chi connectivity index (χ1v) is 15.2. The number of rotatable bonds is 5. The second kappa shape index (κ2) is 7.30. The van der Waals surface area contributed by atoms with Gasteiger partial charge in [0.2, 0.25) is 0 Å². The van der Waals surface area contributed by atoms with E-state index in [2.05, 4.69) is 32.9 Å². The maximum absolute atomic E-state index is 6.86. The molecule has 8 bridgehead atoms. The van der Waals surface area contributed by atoms with E-state index in [1.54, 1.807) is 11.1 Å². The van der Waals surface area contributed by atoms with Gasteiger partial charge in [-0.15, -0.1) is 0 Å². The normalized spacial score (nSPS) is 46.9. The van der Waals surface area contributed by atoms with E-state index in [0.717, 1.165) is 48.7 Å². The molecule has 190 valence electrons. The van der Waals surface area contributed by atoms with Crippen LogP contribution < -0.4 is 4.74 Å². The molecule has 1 atom stereocenters. The highest BCUT2D eigenvalue weighted by Crippen LogP contribution is 2.65. The Hall–Kier alpha value is -1.02. The fourth-order valence-corrected chi connectivity index (χ4v) is 11.3. The molecule has 8 aliphatic carbocycles. The summed E-state index contributed by atoms with van der Waals surface area (Å²) >= 11 is 0. The molecular formula is C33H46O2. The Bertz CT molecular complexity index is 954. The molecule has 0 spiro atoms. The van der Waals surface area contributed by atoms with Crippen LogP contribution in [0.3, 0.4) is 0 Å². The largest absolute Gasteiger partial charge is 0.490 e. The van der Waals surface area contributed by atoms with E-state index in [4.69, 9.17) is 9.47 Å². The van der Waals surface area contributed by atoms with Gasteiger partial charge in [-0.05, 0) is 134 Å². The minimum Gasteiger partial charge on any atom is -0.490 e. The third-order valence-electron chi connectivity index (χ3n) is 12.0. The smallest absolute Gasteiger partial charge is 0.126 e. The van der Waals surface area contributed by atoms with Gasteiger partial charge in [0.15, 0.2) is 0 Å². The van der Waals surface area contributed by atoms with E-state index in [-0.39, 0.29) is 5.41 Å². The zero-order chi connectivity index (χ0) is 23.6. The molecule has 2 heteroatoms. The van der Waals surface area contributed by atoms with Crippen LogP contribution in [0.1, 0.15) is 115 Å². The Morgan fingerprint density at radius 1 is 0.743 bits per heavy atom. The zero-order valence-corrected chi connectivity index (χ0v) is 22.4. The van der Waals surface area contributed by atoms with E-state index in [0.29, 0.717) is 16.9 Å². The highest BCUT2D eigenvalue weighted by Gasteiger charge is 2.55. The predicted molar refractivity (Wildman–Crippen MR) is 140 cm³/mol. The number of epoxide rings is 1. The molecule has 1 unspecified atom stereocenters. The highest BCUT2D eigenvalue weighted by atomic mass is 16.6. The summed E-state index contributed by atoms with van der Waals surface area (Å²) in [5, 5.41) is 0. The number of hydrogen-bond donors (Lipinski definition) is 0. The third kappa shape index (κ3) is 3.51. The van der Waals surface area contributed by atoms with Crippen LogP contribution in [0, 0.1) is 35.5 Å². The SMILES string of the molecule is CC(C)(C)c1cc(C23CC4CC(CC(C4)C2)C3)cc(C23CC4CC(CC(C4)C2)C3)c1OCC1CO1. The maximum atomic E-state index is 6.86.